The average Bonchev–Trinajstić information content (AvgIpc) is 2.64. The van der Waals surface area contributed by atoms with E-state index in [-0.39, 0.29) is 23.8 Å². The number of aliphatic hydroxyl groups excluding tert-OH is 1. The van der Waals surface area contributed by atoms with Crippen LogP contribution in [0.15, 0.2) is 41.3 Å². The molecule has 1 saturated heterocycles. The first-order chi connectivity index (χ1) is 12.6. The van der Waals surface area contributed by atoms with Gasteiger partial charge in [-0.25, -0.2) is 0 Å². The summed E-state index contributed by atoms with van der Waals surface area (Å²) >= 11 is 0. The maximum absolute atomic E-state index is 13.0. The molecular formula is C20H25N3O3. The molecular weight excluding hydrogens is 330 g/mol. The van der Waals surface area contributed by atoms with Crippen LogP contribution in [0.1, 0.15) is 40.4 Å². The summed E-state index contributed by atoms with van der Waals surface area (Å²) in [4.78, 5) is 25.8. The molecule has 1 aliphatic heterocycles. The number of aliphatic hydroxyl groups is 1. The number of anilines is 1. The van der Waals surface area contributed by atoms with E-state index >= 15 is 0 Å². The fourth-order valence-electron chi connectivity index (χ4n) is 3.46. The summed E-state index contributed by atoms with van der Waals surface area (Å²) in [6.07, 6.45) is 4.00. The van der Waals surface area contributed by atoms with E-state index in [1.807, 2.05) is 24.3 Å². The number of carbonyl (C=O) groups excluding carboxylic acids is 1. The standard InChI is InChI=1S/C20H25N3O3/c1-14-8-12-23(16-6-10-21-11-7-16)20(26)18(14)19(25)22-17-5-3-2-4-15(17)9-13-24/h2-5,8,12,16,21,24H,6-7,9-11,13H2,1H3,(H,22,25). The first-order valence-electron chi connectivity index (χ1n) is 9.04. The van der Waals surface area contributed by atoms with Gasteiger partial charge in [0.1, 0.15) is 5.56 Å². The number of nitrogens with one attached hydrogen (secondary N) is 2. The highest BCUT2D eigenvalue weighted by molar-refractivity contribution is 6.05. The molecule has 3 rings (SSSR count). The molecule has 1 amide bonds. The van der Waals surface area contributed by atoms with Gasteiger partial charge >= 0.3 is 0 Å². The van der Waals surface area contributed by atoms with Crippen LogP contribution in [0.4, 0.5) is 5.69 Å². The molecule has 138 valence electrons. The molecule has 1 aliphatic rings. The summed E-state index contributed by atoms with van der Waals surface area (Å²) in [6, 6.07) is 9.28. The summed E-state index contributed by atoms with van der Waals surface area (Å²) < 4.78 is 1.70. The molecule has 0 spiro atoms. The van der Waals surface area contributed by atoms with Crippen LogP contribution in [0, 0.1) is 6.92 Å². The van der Waals surface area contributed by atoms with Crippen molar-refractivity contribution in [2.75, 3.05) is 25.0 Å². The molecule has 0 bridgehead atoms. The number of para-hydroxylation sites is 1. The fraction of sp³-hybridized carbons (Fsp3) is 0.400. The van der Waals surface area contributed by atoms with E-state index in [0.29, 0.717) is 17.7 Å². The minimum Gasteiger partial charge on any atom is -0.396 e. The van der Waals surface area contributed by atoms with Crippen LogP contribution in [0.3, 0.4) is 0 Å². The molecule has 6 heteroatoms. The van der Waals surface area contributed by atoms with Crippen LogP contribution < -0.4 is 16.2 Å². The number of pyridine rings is 1. The van der Waals surface area contributed by atoms with Gasteiger partial charge in [0.15, 0.2) is 0 Å². The molecule has 0 aliphatic carbocycles. The summed E-state index contributed by atoms with van der Waals surface area (Å²) in [6.45, 7) is 3.53. The van der Waals surface area contributed by atoms with Gasteiger partial charge in [0.2, 0.25) is 0 Å². The second kappa shape index (κ2) is 8.29. The summed E-state index contributed by atoms with van der Waals surface area (Å²) in [5.74, 6) is -0.402. The molecule has 0 saturated carbocycles. The number of benzene rings is 1. The number of nitrogens with zero attached hydrogens (tertiary/aromatic N) is 1. The Hall–Kier alpha value is -2.44. The van der Waals surface area contributed by atoms with Crippen molar-refractivity contribution in [3.05, 3.63) is 63.6 Å². The van der Waals surface area contributed by atoms with E-state index in [1.165, 1.54) is 0 Å². The maximum atomic E-state index is 13.0. The summed E-state index contributed by atoms with van der Waals surface area (Å²) in [7, 11) is 0. The third-order valence-electron chi connectivity index (χ3n) is 4.90. The molecule has 3 N–H and O–H groups in total. The number of hydrogen-bond donors (Lipinski definition) is 3. The van der Waals surface area contributed by atoms with Gasteiger partial charge in [-0.1, -0.05) is 18.2 Å². The van der Waals surface area contributed by atoms with Gasteiger partial charge in [-0.3, -0.25) is 9.59 Å². The van der Waals surface area contributed by atoms with Gasteiger partial charge in [0.25, 0.3) is 11.5 Å². The van der Waals surface area contributed by atoms with E-state index in [4.69, 9.17) is 0 Å². The van der Waals surface area contributed by atoms with Crippen molar-refractivity contribution in [2.24, 2.45) is 0 Å². The molecule has 26 heavy (non-hydrogen) atoms. The Balaban J connectivity index is 1.91. The second-order valence-electron chi connectivity index (χ2n) is 6.65. The minimum absolute atomic E-state index is 0.000229. The highest BCUT2D eigenvalue weighted by Crippen LogP contribution is 2.19. The fourth-order valence-corrected chi connectivity index (χ4v) is 3.46. The Kier molecular flexibility index (Phi) is 5.85. The number of rotatable bonds is 5. The topological polar surface area (TPSA) is 83.4 Å². The van der Waals surface area contributed by atoms with E-state index < -0.39 is 5.91 Å². The Morgan fingerprint density at radius 3 is 2.73 bits per heavy atom. The number of aryl methyl sites for hydroxylation is 1. The lowest BCUT2D eigenvalue weighted by atomic mass is 10.0. The largest absolute Gasteiger partial charge is 0.396 e. The second-order valence-corrected chi connectivity index (χ2v) is 6.65. The van der Waals surface area contributed by atoms with Crippen molar-refractivity contribution in [3.8, 4) is 0 Å². The van der Waals surface area contributed by atoms with Crippen molar-refractivity contribution in [2.45, 2.75) is 32.2 Å². The molecule has 0 unspecified atom stereocenters. The van der Waals surface area contributed by atoms with Crippen molar-refractivity contribution in [1.29, 1.82) is 0 Å². The SMILES string of the molecule is Cc1ccn(C2CCNCC2)c(=O)c1C(=O)Nc1ccccc1CCO. The van der Waals surface area contributed by atoms with Gasteiger partial charge in [-0.05, 0) is 62.5 Å². The number of aromatic nitrogens is 1. The van der Waals surface area contributed by atoms with Crippen LogP contribution in [-0.2, 0) is 6.42 Å². The van der Waals surface area contributed by atoms with Crippen molar-refractivity contribution >= 4 is 11.6 Å². The lowest BCUT2D eigenvalue weighted by Crippen LogP contribution is -2.37. The monoisotopic (exact) mass is 355 g/mol. The number of carbonyl (C=O) groups is 1. The van der Waals surface area contributed by atoms with Gasteiger partial charge in [-0.2, -0.15) is 0 Å². The molecule has 0 atom stereocenters. The number of amides is 1. The number of piperidine rings is 1. The van der Waals surface area contributed by atoms with Crippen LogP contribution in [0.2, 0.25) is 0 Å². The molecule has 1 aromatic heterocycles. The first kappa shape index (κ1) is 18.4. The van der Waals surface area contributed by atoms with Crippen LogP contribution >= 0.6 is 0 Å². The van der Waals surface area contributed by atoms with Gasteiger partial charge in [0, 0.05) is 24.5 Å². The highest BCUT2D eigenvalue weighted by atomic mass is 16.3. The molecule has 1 fully saturated rings. The third kappa shape index (κ3) is 3.86. The van der Waals surface area contributed by atoms with Crippen molar-refractivity contribution in [1.82, 2.24) is 9.88 Å². The highest BCUT2D eigenvalue weighted by Gasteiger charge is 2.21. The summed E-state index contributed by atoms with van der Waals surface area (Å²) in [5, 5.41) is 15.3. The zero-order valence-electron chi connectivity index (χ0n) is 15.0. The quantitative estimate of drug-likeness (QED) is 0.765. The summed E-state index contributed by atoms with van der Waals surface area (Å²) in [5.41, 5.74) is 2.08. The number of hydrogen-bond acceptors (Lipinski definition) is 4. The Labute approximate surface area is 152 Å². The predicted octanol–water partition coefficient (Wildman–Crippen LogP) is 1.87. The molecule has 2 aromatic rings. The Morgan fingerprint density at radius 1 is 1.27 bits per heavy atom. The van der Waals surface area contributed by atoms with E-state index in [2.05, 4.69) is 10.6 Å². The third-order valence-corrected chi connectivity index (χ3v) is 4.90. The Morgan fingerprint density at radius 2 is 2.00 bits per heavy atom. The van der Waals surface area contributed by atoms with Gasteiger partial charge in [-0.15, -0.1) is 0 Å². The van der Waals surface area contributed by atoms with Crippen molar-refractivity contribution in [3.63, 3.8) is 0 Å². The lowest BCUT2D eigenvalue weighted by molar-refractivity contribution is 0.102. The predicted molar refractivity (Wildman–Crippen MR) is 102 cm³/mol. The zero-order chi connectivity index (χ0) is 18.5. The molecule has 6 nitrogen and oxygen atoms in total. The van der Waals surface area contributed by atoms with Crippen molar-refractivity contribution < 1.29 is 9.90 Å². The molecule has 0 radical (unpaired) electrons. The van der Waals surface area contributed by atoms with E-state index in [0.717, 1.165) is 31.5 Å². The smallest absolute Gasteiger partial charge is 0.263 e. The van der Waals surface area contributed by atoms with Crippen LogP contribution in [0.5, 0.6) is 0 Å². The zero-order valence-corrected chi connectivity index (χ0v) is 15.0. The first-order valence-corrected chi connectivity index (χ1v) is 9.04. The van der Waals surface area contributed by atoms with E-state index in [9.17, 15) is 14.7 Å². The Bertz CT molecular complexity index is 838. The molecule has 1 aromatic carbocycles. The minimum atomic E-state index is -0.402. The van der Waals surface area contributed by atoms with Crippen LogP contribution in [-0.4, -0.2) is 35.3 Å². The normalized spacial score (nSPS) is 15.0. The lowest BCUT2D eigenvalue weighted by Gasteiger charge is -2.25. The van der Waals surface area contributed by atoms with Crippen LogP contribution in [0.25, 0.3) is 0 Å². The van der Waals surface area contributed by atoms with E-state index in [1.54, 1.807) is 23.8 Å². The maximum Gasteiger partial charge on any atom is 0.263 e. The van der Waals surface area contributed by atoms with Gasteiger partial charge in [0.05, 0.1) is 0 Å². The molecule has 2 heterocycles. The van der Waals surface area contributed by atoms with Gasteiger partial charge < -0.3 is 20.3 Å². The average molecular weight is 355 g/mol.